The van der Waals surface area contributed by atoms with E-state index in [-0.39, 0.29) is 29.2 Å². The van der Waals surface area contributed by atoms with E-state index in [1.165, 1.54) is 30.3 Å². The fraction of sp³-hybridized carbons (Fsp3) is 0.0714. The summed E-state index contributed by atoms with van der Waals surface area (Å²) in [5, 5.41) is 19.6. The molecular weight excluding hydrogens is 343 g/mol. The highest BCUT2D eigenvalue weighted by atomic mass is 79.9. The minimum absolute atomic E-state index is 0.0399. The van der Waals surface area contributed by atoms with Gasteiger partial charge in [-0.2, -0.15) is 5.26 Å². The second kappa shape index (κ2) is 6.33. The molecule has 0 N–H and O–H groups in total. The fourth-order valence-corrected chi connectivity index (χ4v) is 1.98. The van der Waals surface area contributed by atoms with E-state index in [9.17, 15) is 14.5 Å². The number of nitrogens with zero attached hydrogens (tertiary/aromatic N) is 2. The van der Waals surface area contributed by atoms with Crippen molar-refractivity contribution in [1.82, 2.24) is 0 Å². The minimum atomic E-state index is -0.591. The van der Waals surface area contributed by atoms with Gasteiger partial charge >= 0.3 is 5.69 Å². The summed E-state index contributed by atoms with van der Waals surface area (Å²) >= 11 is 3.19. The molecule has 0 amide bonds. The Hall–Kier alpha value is -2.46. The third-order valence-corrected chi connectivity index (χ3v) is 3.18. The first-order chi connectivity index (χ1) is 10.0. The van der Waals surface area contributed by atoms with E-state index in [1.807, 2.05) is 6.07 Å². The molecule has 0 saturated heterocycles. The largest absolute Gasteiger partial charge is 0.482 e. The van der Waals surface area contributed by atoms with E-state index in [1.54, 1.807) is 0 Å². The summed E-state index contributed by atoms with van der Waals surface area (Å²) in [6.07, 6.45) is 0. The van der Waals surface area contributed by atoms with Crippen molar-refractivity contribution in [2.75, 3.05) is 0 Å². The van der Waals surface area contributed by atoms with Gasteiger partial charge in [0.2, 0.25) is 0 Å². The first kappa shape index (κ1) is 14.9. The van der Waals surface area contributed by atoms with Crippen LogP contribution in [-0.4, -0.2) is 4.92 Å². The van der Waals surface area contributed by atoms with Crippen LogP contribution >= 0.6 is 15.9 Å². The van der Waals surface area contributed by atoms with Gasteiger partial charge in [-0.15, -0.1) is 0 Å². The molecule has 0 bridgehead atoms. The summed E-state index contributed by atoms with van der Waals surface area (Å²) in [6.45, 7) is -0.172. The van der Waals surface area contributed by atoms with E-state index in [0.717, 1.165) is 6.07 Å². The molecule has 5 nitrogen and oxygen atoms in total. The van der Waals surface area contributed by atoms with Gasteiger partial charge in [-0.1, -0.05) is 22.0 Å². The van der Waals surface area contributed by atoms with Crippen molar-refractivity contribution in [2.45, 2.75) is 6.61 Å². The van der Waals surface area contributed by atoms with Crippen molar-refractivity contribution in [3.05, 3.63) is 67.9 Å². The third-order valence-electron chi connectivity index (χ3n) is 2.68. The maximum atomic E-state index is 13.7. The average molecular weight is 351 g/mol. The number of ether oxygens (including phenoxy) is 1. The number of halogens is 2. The Balaban J connectivity index is 2.22. The zero-order chi connectivity index (χ0) is 15.4. The third kappa shape index (κ3) is 3.55. The minimum Gasteiger partial charge on any atom is -0.482 e. The van der Waals surface area contributed by atoms with Crippen molar-refractivity contribution in [1.29, 1.82) is 5.26 Å². The molecule has 0 atom stereocenters. The molecule has 0 saturated carbocycles. The summed E-state index contributed by atoms with van der Waals surface area (Å²) in [7, 11) is 0. The van der Waals surface area contributed by atoms with E-state index < -0.39 is 10.7 Å². The van der Waals surface area contributed by atoms with Crippen LogP contribution in [0, 0.1) is 27.3 Å². The molecule has 0 aliphatic heterocycles. The molecule has 0 spiro atoms. The van der Waals surface area contributed by atoms with Crippen LogP contribution in [0.3, 0.4) is 0 Å². The molecule has 2 aromatic carbocycles. The number of hydrogen-bond donors (Lipinski definition) is 0. The van der Waals surface area contributed by atoms with Gasteiger partial charge in [0.25, 0.3) is 0 Å². The lowest BCUT2D eigenvalue weighted by Gasteiger charge is -2.08. The summed E-state index contributed by atoms with van der Waals surface area (Å²) < 4.78 is 19.6. The average Bonchev–Trinajstić information content (AvgIpc) is 2.45. The second-order valence-electron chi connectivity index (χ2n) is 4.08. The Morgan fingerprint density at radius 2 is 2.10 bits per heavy atom. The number of nitro groups is 1. The lowest BCUT2D eigenvalue weighted by molar-refractivity contribution is -0.386. The SMILES string of the molecule is N#Cc1ccc(COc2cc(Br)ccc2[N+](=O)[O-])c(F)c1. The molecule has 0 aromatic heterocycles. The standard InChI is InChI=1S/C14H8BrFN2O3/c15-11-3-4-13(18(19)20)14(6-11)21-8-10-2-1-9(7-17)5-12(10)16/h1-6H,8H2. The highest BCUT2D eigenvalue weighted by Crippen LogP contribution is 2.30. The van der Waals surface area contributed by atoms with Gasteiger partial charge in [-0.25, -0.2) is 4.39 Å². The van der Waals surface area contributed by atoms with Crippen LogP contribution in [0.4, 0.5) is 10.1 Å². The Labute approximate surface area is 127 Å². The van der Waals surface area contributed by atoms with Crippen LogP contribution in [0.15, 0.2) is 40.9 Å². The normalized spacial score (nSPS) is 9.95. The Morgan fingerprint density at radius 3 is 2.71 bits per heavy atom. The van der Waals surface area contributed by atoms with Crippen molar-refractivity contribution in [3.8, 4) is 11.8 Å². The number of benzene rings is 2. The van der Waals surface area contributed by atoms with Gasteiger partial charge in [-0.05, 0) is 18.2 Å². The van der Waals surface area contributed by atoms with Crippen LogP contribution in [0.2, 0.25) is 0 Å². The zero-order valence-electron chi connectivity index (χ0n) is 10.5. The fourth-order valence-electron chi connectivity index (χ4n) is 1.64. The Kier molecular flexibility index (Phi) is 4.50. The predicted molar refractivity (Wildman–Crippen MR) is 76.2 cm³/mol. The van der Waals surface area contributed by atoms with Gasteiger partial charge in [0.05, 0.1) is 16.6 Å². The zero-order valence-corrected chi connectivity index (χ0v) is 12.1. The number of hydrogen-bond acceptors (Lipinski definition) is 4. The monoisotopic (exact) mass is 350 g/mol. The topological polar surface area (TPSA) is 76.2 Å². The molecule has 7 heteroatoms. The van der Waals surface area contributed by atoms with Crippen molar-refractivity contribution in [2.24, 2.45) is 0 Å². The number of nitriles is 1. The summed E-state index contributed by atoms with van der Waals surface area (Å²) in [4.78, 5) is 10.3. The molecule has 2 rings (SSSR count). The van der Waals surface area contributed by atoms with Crippen LogP contribution in [0.5, 0.6) is 5.75 Å². The summed E-state index contributed by atoms with van der Waals surface area (Å²) in [5.41, 5.74) is 0.209. The maximum absolute atomic E-state index is 13.7. The van der Waals surface area contributed by atoms with Crippen LogP contribution in [0.25, 0.3) is 0 Å². The van der Waals surface area contributed by atoms with E-state index in [0.29, 0.717) is 4.47 Å². The quantitative estimate of drug-likeness (QED) is 0.617. The lowest BCUT2D eigenvalue weighted by atomic mass is 10.1. The predicted octanol–water partition coefficient (Wildman–Crippen LogP) is 3.95. The molecular formula is C14H8BrFN2O3. The molecule has 0 aliphatic carbocycles. The van der Waals surface area contributed by atoms with E-state index in [2.05, 4.69) is 15.9 Å². The van der Waals surface area contributed by atoms with Gasteiger partial charge in [0.15, 0.2) is 5.75 Å². The highest BCUT2D eigenvalue weighted by Gasteiger charge is 2.16. The smallest absolute Gasteiger partial charge is 0.311 e. The molecule has 0 radical (unpaired) electrons. The molecule has 2 aromatic rings. The van der Waals surface area contributed by atoms with Crippen molar-refractivity contribution < 1.29 is 14.1 Å². The molecule has 0 aliphatic rings. The van der Waals surface area contributed by atoms with Gasteiger partial charge in [-0.3, -0.25) is 10.1 Å². The van der Waals surface area contributed by atoms with E-state index >= 15 is 0 Å². The van der Waals surface area contributed by atoms with Gasteiger partial charge in [0.1, 0.15) is 12.4 Å². The van der Waals surface area contributed by atoms with Crippen LogP contribution in [-0.2, 0) is 6.61 Å². The first-order valence-corrected chi connectivity index (χ1v) is 6.56. The molecule has 0 heterocycles. The lowest BCUT2D eigenvalue weighted by Crippen LogP contribution is -2.01. The molecule has 21 heavy (non-hydrogen) atoms. The maximum Gasteiger partial charge on any atom is 0.311 e. The van der Waals surface area contributed by atoms with Crippen LogP contribution in [0.1, 0.15) is 11.1 Å². The molecule has 106 valence electrons. The molecule has 0 unspecified atom stereocenters. The molecule has 0 fully saturated rings. The van der Waals surface area contributed by atoms with Crippen molar-refractivity contribution >= 4 is 21.6 Å². The van der Waals surface area contributed by atoms with E-state index in [4.69, 9.17) is 10.00 Å². The summed E-state index contributed by atoms with van der Waals surface area (Å²) in [6, 6.07) is 10.1. The Bertz CT molecular complexity index is 743. The van der Waals surface area contributed by atoms with Gasteiger partial charge in [0, 0.05) is 22.2 Å². The Morgan fingerprint density at radius 1 is 1.33 bits per heavy atom. The van der Waals surface area contributed by atoms with Gasteiger partial charge < -0.3 is 4.74 Å². The number of rotatable bonds is 4. The number of nitro benzene ring substituents is 1. The first-order valence-electron chi connectivity index (χ1n) is 5.76. The van der Waals surface area contributed by atoms with Crippen LogP contribution < -0.4 is 4.74 Å². The highest BCUT2D eigenvalue weighted by molar-refractivity contribution is 9.10. The van der Waals surface area contributed by atoms with Crippen molar-refractivity contribution in [3.63, 3.8) is 0 Å². The summed E-state index contributed by atoms with van der Waals surface area (Å²) in [5.74, 6) is -0.551. The second-order valence-corrected chi connectivity index (χ2v) is 4.99.